The monoisotopic (exact) mass is 555 g/mol. The van der Waals surface area contributed by atoms with Crippen molar-refractivity contribution in [3.63, 3.8) is 0 Å². The molecule has 0 radical (unpaired) electrons. The van der Waals surface area contributed by atoms with Crippen molar-refractivity contribution in [2.24, 2.45) is 0 Å². The SMILES string of the molecule is CS(=O)(=O)c1cccc(NC(=O)c2cc(C(F)(F)F)nnc2Oc2ccc(OC(F)(F)F)cc2Cl)c1. The van der Waals surface area contributed by atoms with Gasteiger partial charge in [-0.3, -0.25) is 4.79 Å². The highest BCUT2D eigenvalue weighted by molar-refractivity contribution is 7.90. The van der Waals surface area contributed by atoms with Crippen LogP contribution >= 0.6 is 11.6 Å². The van der Waals surface area contributed by atoms with Crippen LogP contribution in [-0.4, -0.2) is 37.1 Å². The highest BCUT2D eigenvalue weighted by Gasteiger charge is 2.35. The Hall–Kier alpha value is -3.59. The summed E-state index contributed by atoms with van der Waals surface area (Å²) >= 11 is 5.88. The third-order valence-corrected chi connectivity index (χ3v) is 5.56. The van der Waals surface area contributed by atoms with Crippen LogP contribution in [0.25, 0.3) is 0 Å². The van der Waals surface area contributed by atoms with E-state index in [4.69, 9.17) is 16.3 Å². The topological polar surface area (TPSA) is 107 Å². The molecule has 0 aliphatic heterocycles. The molecule has 1 amide bonds. The lowest BCUT2D eigenvalue weighted by molar-refractivity contribution is -0.274. The van der Waals surface area contributed by atoms with Gasteiger partial charge in [-0.1, -0.05) is 17.7 Å². The van der Waals surface area contributed by atoms with Crippen LogP contribution in [0.5, 0.6) is 17.4 Å². The van der Waals surface area contributed by atoms with Crippen LogP contribution in [0.1, 0.15) is 16.1 Å². The van der Waals surface area contributed by atoms with Crippen LogP contribution < -0.4 is 14.8 Å². The van der Waals surface area contributed by atoms with Crippen LogP contribution in [-0.2, 0) is 16.0 Å². The summed E-state index contributed by atoms with van der Waals surface area (Å²) in [4.78, 5) is 12.6. The van der Waals surface area contributed by atoms with Gasteiger partial charge in [-0.15, -0.1) is 23.4 Å². The van der Waals surface area contributed by atoms with Gasteiger partial charge in [-0.2, -0.15) is 13.2 Å². The summed E-state index contributed by atoms with van der Waals surface area (Å²) in [5.74, 6) is -3.05. The number of benzene rings is 2. The van der Waals surface area contributed by atoms with Crippen molar-refractivity contribution < 1.29 is 49.0 Å². The average Bonchev–Trinajstić information content (AvgIpc) is 2.73. The van der Waals surface area contributed by atoms with Crippen molar-refractivity contribution in [2.45, 2.75) is 17.4 Å². The van der Waals surface area contributed by atoms with Crippen molar-refractivity contribution in [1.82, 2.24) is 10.2 Å². The number of hydrogen-bond donors (Lipinski definition) is 1. The van der Waals surface area contributed by atoms with Crippen molar-refractivity contribution in [2.75, 3.05) is 11.6 Å². The van der Waals surface area contributed by atoms with Gasteiger partial charge < -0.3 is 14.8 Å². The number of aromatic nitrogens is 2. The van der Waals surface area contributed by atoms with Gasteiger partial charge in [0.1, 0.15) is 17.1 Å². The number of alkyl halides is 6. The second-order valence-electron chi connectivity index (χ2n) is 6.94. The number of nitrogens with one attached hydrogen (secondary N) is 1. The van der Waals surface area contributed by atoms with Crippen LogP contribution in [0.4, 0.5) is 32.0 Å². The molecular weight excluding hydrogens is 544 g/mol. The first-order valence-electron chi connectivity index (χ1n) is 9.32. The zero-order valence-electron chi connectivity index (χ0n) is 17.6. The van der Waals surface area contributed by atoms with Crippen molar-refractivity contribution in [1.29, 1.82) is 0 Å². The van der Waals surface area contributed by atoms with Gasteiger partial charge in [-0.25, -0.2) is 8.42 Å². The molecule has 36 heavy (non-hydrogen) atoms. The predicted molar refractivity (Wildman–Crippen MR) is 113 cm³/mol. The Balaban J connectivity index is 1.97. The van der Waals surface area contributed by atoms with Gasteiger partial charge in [0, 0.05) is 18.0 Å². The Morgan fingerprint density at radius 1 is 1.00 bits per heavy atom. The fraction of sp³-hybridized carbons (Fsp3) is 0.150. The van der Waals surface area contributed by atoms with E-state index in [1.54, 1.807) is 0 Å². The van der Waals surface area contributed by atoms with E-state index in [1.165, 1.54) is 18.2 Å². The van der Waals surface area contributed by atoms with Gasteiger partial charge in [-0.05, 0) is 36.4 Å². The number of sulfone groups is 1. The zero-order chi connectivity index (χ0) is 26.9. The first kappa shape index (κ1) is 27.0. The van der Waals surface area contributed by atoms with E-state index in [-0.39, 0.29) is 16.3 Å². The number of carbonyl (C=O) groups excluding carboxylic acids is 1. The van der Waals surface area contributed by atoms with E-state index in [2.05, 4.69) is 20.3 Å². The molecule has 0 aliphatic rings. The highest BCUT2D eigenvalue weighted by Crippen LogP contribution is 2.36. The van der Waals surface area contributed by atoms with E-state index in [0.717, 1.165) is 30.5 Å². The molecule has 192 valence electrons. The number of rotatable bonds is 6. The number of carbonyl (C=O) groups is 1. The molecule has 3 aromatic rings. The number of halogens is 7. The summed E-state index contributed by atoms with van der Waals surface area (Å²) in [6.45, 7) is 0. The summed E-state index contributed by atoms with van der Waals surface area (Å²) < 4.78 is 109. The third-order valence-electron chi connectivity index (χ3n) is 4.16. The molecular formula is C20H12ClF6N3O5S. The lowest BCUT2D eigenvalue weighted by Crippen LogP contribution is -2.18. The van der Waals surface area contributed by atoms with Gasteiger partial charge in [0.05, 0.1) is 9.92 Å². The molecule has 0 aliphatic carbocycles. The molecule has 0 fully saturated rings. The minimum absolute atomic E-state index is 0.0778. The van der Waals surface area contributed by atoms with E-state index >= 15 is 0 Å². The van der Waals surface area contributed by atoms with Crippen molar-refractivity contribution in [3.8, 4) is 17.4 Å². The zero-order valence-corrected chi connectivity index (χ0v) is 19.2. The second kappa shape index (κ2) is 9.81. The van der Waals surface area contributed by atoms with Gasteiger partial charge in [0.25, 0.3) is 11.8 Å². The van der Waals surface area contributed by atoms with Crippen molar-refractivity contribution in [3.05, 3.63) is 64.8 Å². The smallest absolute Gasteiger partial charge is 0.435 e. The summed E-state index contributed by atoms with van der Waals surface area (Å²) in [5.41, 5.74) is -2.41. The molecule has 8 nitrogen and oxygen atoms in total. The molecule has 1 aromatic heterocycles. The number of anilines is 1. The van der Waals surface area contributed by atoms with Crippen LogP contribution in [0.15, 0.2) is 53.4 Å². The standard InChI is InChI=1S/C20H12ClF6N3O5S/c1-36(32,33)12-4-2-3-10(7-12)28-17(31)13-9-16(19(22,23)24)29-30-18(13)34-15-6-5-11(8-14(15)21)35-20(25,26)27/h2-9H,1H3,(H,28,31). The molecule has 1 heterocycles. The molecule has 3 rings (SSSR count). The Morgan fingerprint density at radius 2 is 1.69 bits per heavy atom. The van der Waals surface area contributed by atoms with Gasteiger partial charge >= 0.3 is 12.5 Å². The maximum Gasteiger partial charge on any atom is 0.573 e. The summed E-state index contributed by atoms with van der Waals surface area (Å²) in [6.07, 6.45) is -9.09. The highest BCUT2D eigenvalue weighted by atomic mass is 35.5. The molecule has 0 unspecified atom stereocenters. The Labute approximate surface area is 203 Å². The maximum absolute atomic E-state index is 13.2. The Bertz CT molecular complexity index is 1410. The van der Waals surface area contributed by atoms with Gasteiger partial charge in [0.2, 0.25) is 0 Å². The first-order valence-corrected chi connectivity index (χ1v) is 11.6. The molecule has 0 spiro atoms. The molecule has 0 atom stereocenters. The second-order valence-corrected chi connectivity index (χ2v) is 9.37. The molecule has 0 bridgehead atoms. The van der Waals surface area contributed by atoms with E-state index in [9.17, 15) is 39.6 Å². The maximum atomic E-state index is 13.2. The lowest BCUT2D eigenvalue weighted by atomic mass is 10.2. The van der Waals surface area contributed by atoms with Crippen LogP contribution in [0, 0.1) is 0 Å². The summed E-state index contributed by atoms with van der Waals surface area (Å²) in [5, 5.41) is 8.00. The average molecular weight is 556 g/mol. The Kier molecular flexibility index (Phi) is 7.36. The summed E-state index contributed by atoms with van der Waals surface area (Å²) in [7, 11) is -3.66. The minimum atomic E-state index is -5.01. The van der Waals surface area contributed by atoms with E-state index < -0.39 is 56.2 Å². The number of hydrogen-bond acceptors (Lipinski definition) is 7. The molecule has 16 heteroatoms. The van der Waals surface area contributed by atoms with E-state index in [1.807, 2.05) is 0 Å². The normalized spacial score (nSPS) is 12.2. The quantitative estimate of drug-likeness (QED) is 0.400. The first-order chi connectivity index (χ1) is 16.5. The van der Waals surface area contributed by atoms with Crippen LogP contribution in [0.3, 0.4) is 0 Å². The fourth-order valence-electron chi connectivity index (χ4n) is 2.63. The molecule has 2 aromatic carbocycles. The molecule has 1 N–H and O–H groups in total. The minimum Gasteiger partial charge on any atom is -0.435 e. The largest absolute Gasteiger partial charge is 0.573 e. The van der Waals surface area contributed by atoms with Crippen LogP contribution in [0.2, 0.25) is 5.02 Å². The predicted octanol–water partition coefficient (Wildman–Crippen LogP) is 5.50. The number of ether oxygens (including phenoxy) is 2. The third kappa shape index (κ3) is 6.97. The Morgan fingerprint density at radius 3 is 2.28 bits per heavy atom. The molecule has 0 saturated carbocycles. The van der Waals surface area contributed by atoms with Crippen molar-refractivity contribution >= 4 is 33.0 Å². The summed E-state index contributed by atoms with van der Waals surface area (Å²) in [6, 6.07) is 7.64. The van der Waals surface area contributed by atoms with Gasteiger partial charge in [0.15, 0.2) is 15.5 Å². The number of amides is 1. The number of nitrogens with zero attached hydrogens (tertiary/aromatic N) is 2. The van der Waals surface area contributed by atoms with E-state index in [0.29, 0.717) is 6.07 Å². The molecule has 0 saturated heterocycles. The lowest BCUT2D eigenvalue weighted by Gasteiger charge is -2.14. The fourth-order valence-corrected chi connectivity index (χ4v) is 3.50.